The molecule has 1 amide bonds. The van der Waals surface area contributed by atoms with E-state index in [9.17, 15) is 45.0 Å². The molecule has 4 N–H and O–H groups in total. The van der Waals surface area contributed by atoms with Gasteiger partial charge in [0, 0.05) is 24.9 Å². The number of nitrogens with zero attached hydrogens (tertiary/aromatic N) is 1. The zero-order valence-corrected chi connectivity index (χ0v) is 16.3. The third kappa shape index (κ3) is 4.62. The summed E-state index contributed by atoms with van der Waals surface area (Å²) in [6, 6.07) is -2.49. The van der Waals surface area contributed by atoms with Crippen molar-refractivity contribution in [2.75, 3.05) is 13.1 Å². The Kier molecular flexibility index (Phi) is 6.33. The number of halogens is 8. The number of hydrogen-bond acceptors (Lipinski definition) is 4. The molecule has 3 atom stereocenters. The molecule has 5 nitrogen and oxygen atoms in total. The molecule has 178 valence electrons. The second-order valence-electron chi connectivity index (χ2n) is 7.83. The van der Waals surface area contributed by atoms with Gasteiger partial charge in [-0.05, 0) is 24.8 Å². The van der Waals surface area contributed by atoms with Crippen molar-refractivity contribution in [3.05, 3.63) is 46.7 Å². The Balaban J connectivity index is 1.79. The first kappa shape index (κ1) is 24.1. The largest absolute Gasteiger partial charge is 0.494 e. The van der Waals surface area contributed by atoms with E-state index in [2.05, 4.69) is 0 Å². The third-order valence-electron chi connectivity index (χ3n) is 5.71. The number of nitrogens with one attached hydrogen (secondary N) is 1. The van der Waals surface area contributed by atoms with Crippen LogP contribution in [0, 0.1) is 29.3 Å². The van der Waals surface area contributed by atoms with E-state index >= 15 is 0 Å². The van der Waals surface area contributed by atoms with Crippen molar-refractivity contribution < 1.29 is 45.0 Å². The Labute approximate surface area is 176 Å². The molecule has 0 radical (unpaired) electrons. The van der Waals surface area contributed by atoms with E-state index in [1.807, 2.05) is 0 Å². The minimum Gasteiger partial charge on any atom is -0.494 e. The van der Waals surface area contributed by atoms with E-state index in [4.69, 9.17) is 5.73 Å². The predicted molar refractivity (Wildman–Crippen MR) is 94.4 cm³/mol. The molecule has 1 aliphatic heterocycles. The number of benzene rings is 1. The number of allylic oxidation sites excluding steroid dienone is 1. The second kappa shape index (κ2) is 8.41. The van der Waals surface area contributed by atoms with E-state index in [1.54, 1.807) is 5.32 Å². The van der Waals surface area contributed by atoms with Crippen LogP contribution in [0.1, 0.15) is 24.8 Å². The van der Waals surface area contributed by atoms with Gasteiger partial charge < -0.3 is 21.1 Å². The van der Waals surface area contributed by atoms with Gasteiger partial charge in [0.25, 0.3) is 5.92 Å². The number of rotatable bonds is 6. The maximum Gasteiger partial charge on any atom is 0.405 e. The lowest BCUT2D eigenvalue weighted by molar-refractivity contribution is -0.132. The van der Waals surface area contributed by atoms with Crippen LogP contribution in [0.4, 0.5) is 35.1 Å². The van der Waals surface area contributed by atoms with Crippen LogP contribution >= 0.6 is 0 Å². The molecule has 13 heteroatoms. The summed E-state index contributed by atoms with van der Waals surface area (Å²) >= 11 is 0. The Morgan fingerprint density at radius 3 is 2.31 bits per heavy atom. The average molecular weight is 473 g/mol. The number of hydrogen-bond donors (Lipinski definition) is 3. The Morgan fingerprint density at radius 1 is 1.12 bits per heavy atom. The van der Waals surface area contributed by atoms with Crippen LogP contribution in [0.5, 0.6) is 0 Å². The average Bonchev–Trinajstić information content (AvgIpc) is 2.92. The molecule has 2 fully saturated rings. The maximum atomic E-state index is 14.6. The zero-order valence-electron chi connectivity index (χ0n) is 16.3. The van der Waals surface area contributed by atoms with Crippen molar-refractivity contribution in [2.24, 2.45) is 17.6 Å². The molecule has 1 saturated carbocycles. The monoisotopic (exact) mass is 473 g/mol. The Hall–Kier alpha value is -2.57. The van der Waals surface area contributed by atoms with E-state index in [0.717, 1.165) is 4.90 Å². The fraction of sp³-hybridized carbons (Fsp3) is 0.526. The minimum atomic E-state index is -4.65. The molecule has 0 aromatic heterocycles. The highest BCUT2D eigenvalue weighted by atomic mass is 19.4. The van der Waals surface area contributed by atoms with Crippen LogP contribution in [-0.4, -0.2) is 41.2 Å². The van der Waals surface area contributed by atoms with Crippen molar-refractivity contribution in [3.63, 3.8) is 0 Å². The summed E-state index contributed by atoms with van der Waals surface area (Å²) in [5.74, 6) is -12.0. The zero-order chi connectivity index (χ0) is 24.0. The third-order valence-corrected chi connectivity index (χ3v) is 5.71. The molecule has 1 heterocycles. The number of carbonyl (C=O) groups is 1. The topological polar surface area (TPSA) is 78.6 Å². The smallest absolute Gasteiger partial charge is 0.405 e. The number of aliphatic hydroxyl groups is 1. The van der Waals surface area contributed by atoms with E-state index in [1.165, 1.54) is 0 Å². The van der Waals surface area contributed by atoms with Gasteiger partial charge in [0.1, 0.15) is 12.4 Å². The standard InChI is InChI=1S/C19H19F8N3O2/c20-11-4-13(22)12(21)3-10(11)19(26,27)14(28)5-15(31)30-6-8-1-2-9(8)16(30)17(32)29-7-18(23,24)25/h3-4,8-9,14,29,32H,1-2,5-7,28H2/b17-16-/t8?,9?,14-/m0/s1. The molecule has 2 aliphatic rings. The minimum absolute atomic E-state index is 0.0194. The summed E-state index contributed by atoms with van der Waals surface area (Å²) in [7, 11) is 0. The van der Waals surface area contributed by atoms with Gasteiger partial charge in [0.2, 0.25) is 11.8 Å². The van der Waals surface area contributed by atoms with Crippen LogP contribution in [0.25, 0.3) is 0 Å². The highest BCUT2D eigenvalue weighted by Gasteiger charge is 2.49. The quantitative estimate of drug-likeness (QED) is 0.335. The molecule has 3 rings (SSSR count). The van der Waals surface area contributed by atoms with Crippen LogP contribution in [0.3, 0.4) is 0 Å². The lowest BCUT2D eigenvalue weighted by Gasteiger charge is -2.29. The molecule has 1 aromatic carbocycles. The van der Waals surface area contributed by atoms with Crippen molar-refractivity contribution >= 4 is 5.91 Å². The van der Waals surface area contributed by atoms with Crippen LogP contribution in [0.2, 0.25) is 0 Å². The molecule has 2 unspecified atom stereocenters. The molecule has 0 spiro atoms. The summed E-state index contributed by atoms with van der Waals surface area (Å²) in [5.41, 5.74) is 3.72. The molecular weight excluding hydrogens is 454 g/mol. The fourth-order valence-corrected chi connectivity index (χ4v) is 3.90. The number of fused-ring (bicyclic) bond motifs is 1. The van der Waals surface area contributed by atoms with Gasteiger partial charge >= 0.3 is 6.18 Å². The van der Waals surface area contributed by atoms with Crippen molar-refractivity contribution in [3.8, 4) is 0 Å². The Bertz CT molecular complexity index is 934. The van der Waals surface area contributed by atoms with Crippen LogP contribution < -0.4 is 11.1 Å². The van der Waals surface area contributed by atoms with E-state index in [-0.39, 0.29) is 30.3 Å². The van der Waals surface area contributed by atoms with Gasteiger partial charge in [0.15, 0.2) is 11.6 Å². The predicted octanol–water partition coefficient (Wildman–Crippen LogP) is 3.66. The van der Waals surface area contributed by atoms with Gasteiger partial charge in [-0.2, -0.15) is 22.0 Å². The normalized spacial score (nSPS) is 23.5. The first-order valence-corrected chi connectivity index (χ1v) is 9.55. The fourth-order valence-electron chi connectivity index (χ4n) is 3.90. The van der Waals surface area contributed by atoms with Gasteiger partial charge in [-0.3, -0.25) is 4.79 Å². The molecule has 1 aromatic rings. The van der Waals surface area contributed by atoms with E-state index < -0.39 is 71.8 Å². The number of alkyl halides is 5. The number of aliphatic hydroxyl groups excluding tert-OH is 1. The van der Waals surface area contributed by atoms with Crippen molar-refractivity contribution in [2.45, 2.75) is 37.4 Å². The molecular formula is C19H19F8N3O2. The lowest BCUT2D eigenvalue weighted by Crippen LogP contribution is -2.44. The van der Waals surface area contributed by atoms with Crippen LogP contribution in [0.15, 0.2) is 23.7 Å². The molecule has 1 aliphatic carbocycles. The molecule has 1 saturated heterocycles. The van der Waals surface area contributed by atoms with Gasteiger partial charge in [-0.1, -0.05) is 0 Å². The summed E-state index contributed by atoms with van der Waals surface area (Å²) in [5, 5.41) is 11.9. The number of nitrogens with two attached hydrogens (primary N) is 1. The van der Waals surface area contributed by atoms with E-state index in [0.29, 0.717) is 12.8 Å². The first-order chi connectivity index (χ1) is 14.7. The number of likely N-dealkylation sites (tertiary alicyclic amines) is 1. The van der Waals surface area contributed by atoms with Gasteiger partial charge in [0.05, 0.1) is 17.3 Å². The lowest BCUT2D eigenvalue weighted by atomic mass is 9.75. The van der Waals surface area contributed by atoms with Crippen LogP contribution in [-0.2, 0) is 10.7 Å². The highest BCUT2D eigenvalue weighted by Crippen LogP contribution is 2.48. The number of carbonyl (C=O) groups excluding carboxylic acids is 1. The maximum absolute atomic E-state index is 14.6. The SMILES string of the molecule is N[C@@H](CC(=O)N1CC2CCC2/C1=C(/O)NCC(F)(F)F)C(F)(F)c1cc(F)c(F)cc1F. The summed E-state index contributed by atoms with van der Waals surface area (Å²) in [6.07, 6.45) is -4.66. The molecule has 0 bridgehead atoms. The first-order valence-electron chi connectivity index (χ1n) is 9.55. The molecule has 32 heavy (non-hydrogen) atoms. The van der Waals surface area contributed by atoms with Gasteiger partial charge in [-0.25, -0.2) is 13.2 Å². The summed E-state index contributed by atoms with van der Waals surface area (Å²) < 4.78 is 107. The summed E-state index contributed by atoms with van der Waals surface area (Å²) in [4.78, 5) is 13.6. The second-order valence-corrected chi connectivity index (χ2v) is 7.83. The Morgan fingerprint density at radius 2 is 1.75 bits per heavy atom. The van der Waals surface area contributed by atoms with Gasteiger partial charge in [-0.15, -0.1) is 0 Å². The van der Waals surface area contributed by atoms with Crippen molar-refractivity contribution in [1.82, 2.24) is 10.2 Å². The van der Waals surface area contributed by atoms with Crippen molar-refractivity contribution in [1.29, 1.82) is 0 Å². The highest BCUT2D eigenvalue weighted by molar-refractivity contribution is 5.79. The number of amides is 1. The summed E-state index contributed by atoms with van der Waals surface area (Å²) in [6.45, 7) is -1.59.